The van der Waals surface area contributed by atoms with Gasteiger partial charge in [0.2, 0.25) is 0 Å². The molecule has 1 aromatic carbocycles. The number of nitrogens with zero attached hydrogens (tertiary/aromatic N) is 2. The van der Waals surface area contributed by atoms with E-state index in [1.54, 1.807) is 0 Å². The summed E-state index contributed by atoms with van der Waals surface area (Å²) in [6.45, 7) is 5.03. The van der Waals surface area contributed by atoms with E-state index >= 15 is 0 Å². The molecule has 1 N–H and O–H groups in total. The van der Waals surface area contributed by atoms with Crippen LogP contribution in [0.2, 0.25) is 0 Å². The molecule has 0 unspecified atom stereocenters. The standard InChI is InChI=1S/C20H23N3O3/c1-12-8-15(26-22-12)9-14-10-25-11-17(14)21-20(24)19-13(2)16-6-4-5-7-18(16)23(19)3/h4-8,14,17H,9-11H2,1-3H3,(H,21,24)/t14-,17+/m1/s1. The third kappa shape index (κ3) is 2.90. The predicted molar refractivity (Wildman–Crippen MR) is 98.2 cm³/mol. The molecule has 1 amide bonds. The molecule has 3 heterocycles. The minimum Gasteiger partial charge on any atom is -0.379 e. The van der Waals surface area contributed by atoms with Gasteiger partial charge in [0.1, 0.15) is 11.5 Å². The number of aromatic nitrogens is 2. The Hall–Kier alpha value is -2.60. The van der Waals surface area contributed by atoms with Crippen molar-refractivity contribution in [3.8, 4) is 0 Å². The molecule has 1 aliphatic heterocycles. The van der Waals surface area contributed by atoms with Crippen LogP contribution in [-0.2, 0) is 18.2 Å². The number of rotatable bonds is 4. The summed E-state index contributed by atoms with van der Waals surface area (Å²) < 4.78 is 12.9. The number of hydrogen-bond acceptors (Lipinski definition) is 4. The Labute approximate surface area is 152 Å². The number of carbonyl (C=O) groups is 1. The topological polar surface area (TPSA) is 69.3 Å². The Balaban J connectivity index is 1.54. The van der Waals surface area contributed by atoms with E-state index in [0.717, 1.165) is 27.9 Å². The quantitative estimate of drug-likeness (QED) is 0.783. The molecule has 0 aliphatic carbocycles. The molecule has 4 rings (SSSR count). The fourth-order valence-electron chi connectivity index (χ4n) is 3.87. The molecule has 1 fully saturated rings. The van der Waals surface area contributed by atoms with Gasteiger partial charge in [0.25, 0.3) is 5.91 Å². The first-order valence-corrected chi connectivity index (χ1v) is 8.89. The van der Waals surface area contributed by atoms with Crippen LogP contribution < -0.4 is 5.32 Å². The third-order valence-corrected chi connectivity index (χ3v) is 5.23. The fraction of sp³-hybridized carbons (Fsp3) is 0.400. The molecular formula is C20H23N3O3. The van der Waals surface area contributed by atoms with Crippen LogP contribution in [0.1, 0.15) is 27.5 Å². The van der Waals surface area contributed by atoms with Gasteiger partial charge in [0.05, 0.1) is 24.9 Å². The smallest absolute Gasteiger partial charge is 0.268 e. The SMILES string of the molecule is Cc1cc(C[C@@H]2COC[C@@H]2NC(=O)c2c(C)c3ccccc3n2C)on1. The number of ether oxygens (including phenoxy) is 1. The molecule has 1 aliphatic rings. The largest absolute Gasteiger partial charge is 0.379 e. The van der Waals surface area contributed by atoms with Crippen LogP contribution in [0.5, 0.6) is 0 Å². The van der Waals surface area contributed by atoms with Crippen molar-refractivity contribution in [2.75, 3.05) is 13.2 Å². The van der Waals surface area contributed by atoms with Crippen molar-refractivity contribution in [2.24, 2.45) is 13.0 Å². The molecule has 6 heteroatoms. The van der Waals surface area contributed by atoms with Gasteiger partial charge in [-0.2, -0.15) is 0 Å². The van der Waals surface area contributed by atoms with Crippen LogP contribution in [0.25, 0.3) is 10.9 Å². The van der Waals surface area contributed by atoms with Crippen molar-refractivity contribution in [1.29, 1.82) is 0 Å². The van der Waals surface area contributed by atoms with E-state index in [9.17, 15) is 4.79 Å². The summed E-state index contributed by atoms with van der Waals surface area (Å²) in [6.07, 6.45) is 0.708. The second kappa shape index (κ2) is 6.61. The number of aryl methyl sites for hydroxylation is 3. The molecule has 0 radical (unpaired) electrons. The lowest BCUT2D eigenvalue weighted by atomic mass is 9.98. The Kier molecular flexibility index (Phi) is 4.28. The van der Waals surface area contributed by atoms with Gasteiger partial charge < -0.3 is 19.1 Å². The molecule has 26 heavy (non-hydrogen) atoms. The lowest BCUT2D eigenvalue weighted by Crippen LogP contribution is -2.41. The zero-order valence-electron chi connectivity index (χ0n) is 15.3. The van der Waals surface area contributed by atoms with Crippen molar-refractivity contribution < 1.29 is 14.1 Å². The van der Waals surface area contributed by atoms with E-state index < -0.39 is 0 Å². The van der Waals surface area contributed by atoms with Crippen LogP contribution in [0.3, 0.4) is 0 Å². The Morgan fingerprint density at radius 2 is 2.12 bits per heavy atom. The summed E-state index contributed by atoms with van der Waals surface area (Å²) in [7, 11) is 1.93. The number of hydrogen-bond donors (Lipinski definition) is 1. The molecule has 2 aromatic heterocycles. The lowest BCUT2D eigenvalue weighted by Gasteiger charge is -2.18. The molecule has 0 saturated carbocycles. The van der Waals surface area contributed by atoms with Gasteiger partial charge in [-0.05, 0) is 25.5 Å². The van der Waals surface area contributed by atoms with Crippen LogP contribution in [0.4, 0.5) is 0 Å². The monoisotopic (exact) mass is 353 g/mol. The van der Waals surface area contributed by atoms with Gasteiger partial charge in [-0.15, -0.1) is 0 Å². The van der Waals surface area contributed by atoms with Crippen molar-refractivity contribution in [3.63, 3.8) is 0 Å². The van der Waals surface area contributed by atoms with E-state index in [0.29, 0.717) is 25.3 Å². The number of para-hydroxylation sites is 1. The van der Waals surface area contributed by atoms with Crippen molar-refractivity contribution in [2.45, 2.75) is 26.3 Å². The maximum Gasteiger partial charge on any atom is 0.268 e. The molecule has 1 saturated heterocycles. The maximum absolute atomic E-state index is 13.0. The van der Waals surface area contributed by atoms with Gasteiger partial charge in [-0.1, -0.05) is 23.4 Å². The summed E-state index contributed by atoms with van der Waals surface area (Å²) >= 11 is 0. The number of carbonyl (C=O) groups excluding carboxylic acids is 1. The Morgan fingerprint density at radius 1 is 1.31 bits per heavy atom. The first kappa shape index (κ1) is 16.8. The highest BCUT2D eigenvalue weighted by Gasteiger charge is 2.32. The van der Waals surface area contributed by atoms with Crippen molar-refractivity contribution in [3.05, 3.63) is 53.0 Å². The second-order valence-corrected chi connectivity index (χ2v) is 7.07. The summed E-state index contributed by atoms with van der Waals surface area (Å²) in [5, 5.41) is 8.21. The van der Waals surface area contributed by atoms with Gasteiger partial charge >= 0.3 is 0 Å². The van der Waals surface area contributed by atoms with E-state index in [1.165, 1.54) is 0 Å². The fourth-order valence-corrected chi connectivity index (χ4v) is 3.87. The zero-order chi connectivity index (χ0) is 18.3. The predicted octanol–water partition coefficient (Wildman–Crippen LogP) is 2.77. The van der Waals surface area contributed by atoms with Gasteiger partial charge in [0.15, 0.2) is 0 Å². The van der Waals surface area contributed by atoms with Crippen LogP contribution >= 0.6 is 0 Å². The second-order valence-electron chi connectivity index (χ2n) is 7.07. The number of fused-ring (bicyclic) bond motifs is 1. The van der Waals surface area contributed by atoms with Crippen LogP contribution in [-0.4, -0.2) is 34.9 Å². The van der Waals surface area contributed by atoms with Crippen LogP contribution in [0, 0.1) is 19.8 Å². The van der Waals surface area contributed by atoms with E-state index in [-0.39, 0.29) is 17.9 Å². The molecule has 6 nitrogen and oxygen atoms in total. The van der Waals surface area contributed by atoms with Gasteiger partial charge in [-0.3, -0.25) is 4.79 Å². The zero-order valence-corrected chi connectivity index (χ0v) is 15.3. The van der Waals surface area contributed by atoms with Crippen molar-refractivity contribution in [1.82, 2.24) is 15.0 Å². The first-order chi connectivity index (χ1) is 12.5. The number of amides is 1. The maximum atomic E-state index is 13.0. The molecule has 3 aromatic rings. The van der Waals surface area contributed by atoms with Gasteiger partial charge in [-0.25, -0.2) is 0 Å². The average Bonchev–Trinajstić information content (AvgIpc) is 3.29. The highest BCUT2D eigenvalue weighted by molar-refractivity contribution is 6.01. The highest BCUT2D eigenvalue weighted by atomic mass is 16.5. The molecular weight excluding hydrogens is 330 g/mol. The van der Waals surface area contributed by atoms with E-state index in [4.69, 9.17) is 9.26 Å². The third-order valence-electron chi connectivity index (χ3n) is 5.23. The first-order valence-electron chi connectivity index (χ1n) is 8.89. The molecule has 0 spiro atoms. The van der Waals surface area contributed by atoms with E-state index in [1.807, 2.05) is 49.7 Å². The van der Waals surface area contributed by atoms with Crippen LogP contribution in [0.15, 0.2) is 34.9 Å². The number of nitrogens with one attached hydrogen (secondary N) is 1. The molecule has 2 atom stereocenters. The minimum atomic E-state index is -0.0598. The summed E-state index contributed by atoms with van der Waals surface area (Å²) in [4.78, 5) is 13.0. The average molecular weight is 353 g/mol. The molecule has 136 valence electrons. The summed E-state index contributed by atoms with van der Waals surface area (Å²) in [6, 6.07) is 9.97. The summed E-state index contributed by atoms with van der Waals surface area (Å²) in [5.41, 5.74) is 3.63. The number of benzene rings is 1. The van der Waals surface area contributed by atoms with E-state index in [2.05, 4.69) is 16.5 Å². The van der Waals surface area contributed by atoms with Crippen molar-refractivity contribution >= 4 is 16.8 Å². The highest BCUT2D eigenvalue weighted by Crippen LogP contribution is 2.25. The summed E-state index contributed by atoms with van der Waals surface area (Å²) in [5.74, 6) is 0.953. The minimum absolute atomic E-state index is 0.0367. The Morgan fingerprint density at radius 3 is 2.85 bits per heavy atom. The van der Waals surface area contributed by atoms with Gasteiger partial charge in [0, 0.05) is 36.4 Å². The normalized spacial score (nSPS) is 20.0. The Bertz CT molecular complexity index is 918. The molecule has 0 bridgehead atoms. The lowest BCUT2D eigenvalue weighted by molar-refractivity contribution is 0.0916.